The summed E-state index contributed by atoms with van der Waals surface area (Å²) in [5.74, 6) is 1.05. The quantitative estimate of drug-likeness (QED) is 0.662. The highest BCUT2D eigenvalue weighted by atomic mass is 35.5. The van der Waals surface area contributed by atoms with E-state index in [9.17, 15) is 0 Å². The van der Waals surface area contributed by atoms with Crippen LogP contribution in [0.25, 0.3) is 16.9 Å². The van der Waals surface area contributed by atoms with E-state index < -0.39 is 0 Å². The van der Waals surface area contributed by atoms with Gasteiger partial charge in [-0.2, -0.15) is 5.10 Å². The van der Waals surface area contributed by atoms with Crippen LogP contribution in [0, 0.1) is 13.8 Å². The minimum atomic E-state index is 0.551. The number of rotatable bonds is 2. The molecular weight excluding hydrogens is 341 g/mol. The molecule has 1 aliphatic heterocycles. The first kappa shape index (κ1) is 15.6. The van der Waals surface area contributed by atoms with Crippen molar-refractivity contribution >= 4 is 29.0 Å². The van der Waals surface area contributed by atoms with Gasteiger partial charge in [-0.25, -0.2) is 4.68 Å². The number of anilines is 1. The first-order valence-electron chi connectivity index (χ1n) is 7.94. The Balaban J connectivity index is 1.96. The van der Waals surface area contributed by atoms with E-state index >= 15 is 0 Å². The molecule has 1 aromatic heterocycles. The fourth-order valence-corrected chi connectivity index (χ4v) is 3.61. The normalized spacial score (nSPS) is 13.0. The lowest BCUT2D eigenvalue weighted by atomic mass is 10.1. The highest BCUT2D eigenvalue weighted by molar-refractivity contribution is 6.43. The summed E-state index contributed by atoms with van der Waals surface area (Å²) in [7, 11) is 0. The summed E-state index contributed by atoms with van der Waals surface area (Å²) in [6.45, 7) is 5.15. The largest absolute Gasteiger partial charge is 0.369 e. The molecule has 0 amide bonds. The third kappa shape index (κ3) is 2.31. The molecule has 0 bridgehead atoms. The Hall–Kier alpha value is -1.97. The number of aryl methyl sites for hydroxylation is 1. The van der Waals surface area contributed by atoms with Gasteiger partial charge in [-0.1, -0.05) is 47.5 Å². The standard InChI is InChI=1S/C19H17Cl2N3/c1-11-5-3-8-16(12(11)2)24-19-14(9-10-22-19)18(23-24)13-6-4-7-15(20)17(13)21/h3-8,22H,9-10H2,1-2H3. The summed E-state index contributed by atoms with van der Waals surface area (Å²) in [5.41, 5.74) is 6.54. The SMILES string of the molecule is Cc1cccc(-n2nc(-c3cccc(Cl)c3Cl)c3c2NCC3)c1C. The number of nitrogens with one attached hydrogen (secondary N) is 1. The lowest BCUT2D eigenvalue weighted by Crippen LogP contribution is -2.06. The van der Waals surface area contributed by atoms with Gasteiger partial charge >= 0.3 is 0 Å². The predicted octanol–water partition coefficient (Wildman–Crippen LogP) is 5.43. The van der Waals surface area contributed by atoms with Crippen LogP contribution in [0.15, 0.2) is 36.4 Å². The van der Waals surface area contributed by atoms with Crippen molar-refractivity contribution in [3.63, 3.8) is 0 Å². The molecule has 2 heterocycles. The van der Waals surface area contributed by atoms with Gasteiger partial charge in [0.05, 0.1) is 21.4 Å². The van der Waals surface area contributed by atoms with E-state index in [0.29, 0.717) is 10.0 Å². The zero-order chi connectivity index (χ0) is 16.8. The van der Waals surface area contributed by atoms with Crippen molar-refractivity contribution in [1.82, 2.24) is 9.78 Å². The van der Waals surface area contributed by atoms with Crippen LogP contribution in [-0.2, 0) is 6.42 Å². The fourth-order valence-electron chi connectivity index (χ4n) is 3.22. The van der Waals surface area contributed by atoms with Crippen LogP contribution in [-0.4, -0.2) is 16.3 Å². The molecule has 3 aromatic rings. The summed E-state index contributed by atoms with van der Waals surface area (Å²) in [4.78, 5) is 0. The van der Waals surface area contributed by atoms with E-state index in [1.807, 2.05) is 16.8 Å². The molecule has 0 unspecified atom stereocenters. The van der Waals surface area contributed by atoms with Crippen molar-refractivity contribution in [2.24, 2.45) is 0 Å². The number of hydrogen-bond acceptors (Lipinski definition) is 2. The summed E-state index contributed by atoms with van der Waals surface area (Å²) < 4.78 is 2.00. The van der Waals surface area contributed by atoms with Gasteiger partial charge in [0.1, 0.15) is 5.82 Å². The smallest absolute Gasteiger partial charge is 0.133 e. The van der Waals surface area contributed by atoms with Crippen LogP contribution >= 0.6 is 23.2 Å². The average molecular weight is 358 g/mol. The molecule has 2 aromatic carbocycles. The topological polar surface area (TPSA) is 29.9 Å². The molecule has 5 heteroatoms. The monoisotopic (exact) mass is 357 g/mol. The number of fused-ring (bicyclic) bond motifs is 1. The molecule has 0 fully saturated rings. The van der Waals surface area contributed by atoms with E-state index in [2.05, 4.69) is 37.4 Å². The van der Waals surface area contributed by atoms with E-state index in [4.69, 9.17) is 28.3 Å². The van der Waals surface area contributed by atoms with Crippen LogP contribution in [0.4, 0.5) is 5.82 Å². The minimum Gasteiger partial charge on any atom is -0.369 e. The number of nitrogens with zero attached hydrogens (tertiary/aromatic N) is 2. The summed E-state index contributed by atoms with van der Waals surface area (Å²) in [6, 6.07) is 12.0. The number of halogens is 2. The van der Waals surface area contributed by atoms with Crippen LogP contribution in [0.2, 0.25) is 10.0 Å². The number of aromatic nitrogens is 2. The predicted molar refractivity (Wildman–Crippen MR) is 101 cm³/mol. The molecule has 0 aliphatic carbocycles. The van der Waals surface area contributed by atoms with Gasteiger partial charge in [0, 0.05) is 17.7 Å². The van der Waals surface area contributed by atoms with E-state index in [-0.39, 0.29) is 0 Å². The first-order valence-corrected chi connectivity index (χ1v) is 8.70. The second-order valence-corrected chi connectivity index (χ2v) is 6.87. The molecule has 0 saturated heterocycles. The van der Waals surface area contributed by atoms with E-state index in [1.54, 1.807) is 6.07 Å². The van der Waals surface area contributed by atoms with Gasteiger partial charge in [-0.3, -0.25) is 0 Å². The minimum absolute atomic E-state index is 0.551. The van der Waals surface area contributed by atoms with Gasteiger partial charge in [-0.05, 0) is 43.5 Å². The molecule has 0 saturated carbocycles. The third-order valence-electron chi connectivity index (χ3n) is 4.66. The maximum Gasteiger partial charge on any atom is 0.133 e. The Kier molecular flexibility index (Phi) is 3.78. The lowest BCUT2D eigenvalue weighted by molar-refractivity contribution is 0.873. The second kappa shape index (κ2) is 5.83. The van der Waals surface area contributed by atoms with Gasteiger partial charge < -0.3 is 5.32 Å². The zero-order valence-corrected chi connectivity index (χ0v) is 15.0. The maximum atomic E-state index is 6.44. The van der Waals surface area contributed by atoms with Crippen molar-refractivity contribution in [2.45, 2.75) is 20.3 Å². The van der Waals surface area contributed by atoms with Gasteiger partial charge in [-0.15, -0.1) is 0 Å². The molecule has 0 radical (unpaired) electrons. The zero-order valence-electron chi connectivity index (χ0n) is 13.5. The van der Waals surface area contributed by atoms with E-state index in [0.717, 1.165) is 35.7 Å². The number of hydrogen-bond donors (Lipinski definition) is 1. The fraction of sp³-hybridized carbons (Fsp3) is 0.211. The molecule has 4 rings (SSSR count). The van der Waals surface area contributed by atoms with Gasteiger partial charge in [0.25, 0.3) is 0 Å². The van der Waals surface area contributed by atoms with Crippen molar-refractivity contribution in [2.75, 3.05) is 11.9 Å². The molecule has 1 aliphatic rings. The lowest BCUT2D eigenvalue weighted by Gasteiger charge is -2.11. The molecule has 3 nitrogen and oxygen atoms in total. The average Bonchev–Trinajstić information content (AvgIpc) is 3.16. The van der Waals surface area contributed by atoms with Crippen molar-refractivity contribution in [3.8, 4) is 16.9 Å². The maximum absolute atomic E-state index is 6.44. The number of benzene rings is 2. The first-order chi connectivity index (χ1) is 11.6. The van der Waals surface area contributed by atoms with Gasteiger partial charge in [0.15, 0.2) is 0 Å². The van der Waals surface area contributed by atoms with Crippen molar-refractivity contribution in [3.05, 3.63) is 63.1 Å². The molecule has 1 N–H and O–H groups in total. The van der Waals surface area contributed by atoms with Crippen LogP contribution in [0.5, 0.6) is 0 Å². The van der Waals surface area contributed by atoms with Crippen LogP contribution in [0.1, 0.15) is 16.7 Å². The Labute approximate surface area is 151 Å². The van der Waals surface area contributed by atoms with Crippen molar-refractivity contribution < 1.29 is 0 Å². The van der Waals surface area contributed by atoms with Crippen molar-refractivity contribution in [1.29, 1.82) is 0 Å². The highest BCUT2D eigenvalue weighted by Crippen LogP contribution is 2.40. The molecule has 24 heavy (non-hydrogen) atoms. The summed E-state index contributed by atoms with van der Waals surface area (Å²) in [6.07, 6.45) is 0.929. The summed E-state index contributed by atoms with van der Waals surface area (Å²) in [5, 5.41) is 9.46. The summed E-state index contributed by atoms with van der Waals surface area (Å²) >= 11 is 12.6. The molecule has 0 atom stereocenters. The Morgan fingerprint density at radius 1 is 1.08 bits per heavy atom. The second-order valence-electron chi connectivity index (χ2n) is 6.08. The highest BCUT2D eigenvalue weighted by Gasteiger charge is 2.26. The third-order valence-corrected chi connectivity index (χ3v) is 5.48. The van der Waals surface area contributed by atoms with E-state index in [1.165, 1.54) is 16.7 Å². The van der Waals surface area contributed by atoms with Gasteiger partial charge in [0.2, 0.25) is 0 Å². The van der Waals surface area contributed by atoms with Crippen LogP contribution < -0.4 is 5.32 Å². The Morgan fingerprint density at radius 3 is 2.71 bits per heavy atom. The molecule has 122 valence electrons. The van der Waals surface area contributed by atoms with Crippen LogP contribution in [0.3, 0.4) is 0 Å². The Morgan fingerprint density at radius 2 is 1.88 bits per heavy atom. The Bertz CT molecular complexity index is 870. The molecule has 0 spiro atoms. The molecular formula is C19H17Cl2N3.